The number of anilines is 1. The zero-order valence-corrected chi connectivity index (χ0v) is 20.7. The quantitative estimate of drug-likeness (QED) is 0.495. The first-order valence-electron chi connectivity index (χ1n) is 11.5. The number of fused-ring (bicyclic) bond motifs is 1. The Morgan fingerprint density at radius 2 is 1.94 bits per heavy atom. The topological polar surface area (TPSA) is 98.6 Å². The molecule has 0 bridgehead atoms. The molecule has 1 aliphatic heterocycles. The lowest BCUT2D eigenvalue weighted by atomic mass is 9.99. The summed E-state index contributed by atoms with van der Waals surface area (Å²) in [5.74, 6) is 1.69. The van der Waals surface area contributed by atoms with E-state index in [1.54, 1.807) is 12.1 Å². The predicted molar refractivity (Wildman–Crippen MR) is 133 cm³/mol. The number of ether oxygens (including phenoxy) is 2. The zero-order chi connectivity index (χ0) is 24.1. The number of thiazole rings is 1. The second kappa shape index (κ2) is 11.0. The van der Waals surface area contributed by atoms with E-state index in [0.29, 0.717) is 40.5 Å². The summed E-state index contributed by atoms with van der Waals surface area (Å²) in [5.41, 5.74) is 1.36. The number of carbonyl (C=O) groups excluding carboxylic acids is 1. The molecule has 0 atom stereocenters. The number of hydrogen-bond donors (Lipinski definition) is 1. The van der Waals surface area contributed by atoms with E-state index in [0.717, 1.165) is 31.2 Å². The van der Waals surface area contributed by atoms with Crippen LogP contribution in [0, 0.1) is 5.92 Å². The van der Waals surface area contributed by atoms with Crippen LogP contribution in [0.4, 0.5) is 5.13 Å². The molecule has 1 aliphatic rings. The molecule has 1 aromatic carbocycles. The first-order chi connectivity index (χ1) is 16.5. The van der Waals surface area contributed by atoms with Crippen molar-refractivity contribution in [2.75, 3.05) is 32.6 Å². The molecule has 1 fully saturated rings. The van der Waals surface area contributed by atoms with Crippen LogP contribution in [0.3, 0.4) is 0 Å². The Labute approximate surface area is 202 Å². The monoisotopic (exact) mass is 485 g/mol. The van der Waals surface area contributed by atoms with Crippen molar-refractivity contribution in [3.8, 4) is 11.5 Å². The van der Waals surface area contributed by atoms with E-state index in [4.69, 9.17) is 9.47 Å². The van der Waals surface area contributed by atoms with E-state index in [-0.39, 0.29) is 17.9 Å². The summed E-state index contributed by atoms with van der Waals surface area (Å²) in [5, 5.41) is 5.96. The van der Waals surface area contributed by atoms with Gasteiger partial charge in [0.15, 0.2) is 16.6 Å². The number of piperidine rings is 1. The highest BCUT2D eigenvalue weighted by molar-refractivity contribution is 7.13. The van der Waals surface area contributed by atoms with Crippen molar-refractivity contribution in [2.24, 2.45) is 5.92 Å². The van der Waals surface area contributed by atoms with Gasteiger partial charge in [-0.25, -0.2) is 9.97 Å². The van der Waals surface area contributed by atoms with Gasteiger partial charge in [0.05, 0.1) is 37.1 Å². The van der Waals surface area contributed by atoms with Crippen molar-refractivity contribution in [3.05, 3.63) is 39.9 Å². The predicted octanol–water partition coefficient (Wildman–Crippen LogP) is 3.52. The maximum Gasteiger partial charge on any atom is 0.261 e. The van der Waals surface area contributed by atoms with E-state index in [1.165, 1.54) is 49.3 Å². The molecular formula is C24H31N5O4S. The Balaban J connectivity index is 1.30. The molecule has 3 aromatic rings. The Hall–Kier alpha value is -2.98. The molecule has 10 heteroatoms. The van der Waals surface area contributed by atoms with Gasteiger partial charge in [-0.1, -0.05) is 6.92 Å². The number of methoxy groups -OCH3 is 2. The van der Waals surface area contributed by atoms with E-state index < -0.39 is 0 Å². The van der Waals surface area contributed by atoms with Crippen molar-refractivity contribution in [2.45, 2.75) is 45.7 Å². The van der Waals surface area contributed by atoms with E-state index in [9.17, 15) is 9.59 Å². The van der Waals surface area contributed by atoms with Crippen molar-refractivity contribution in [1.29, 1.82) is 0 Å². The number of amides is 1. The summed E-state index contributed by atoms with van der Waals surface area (Å²) >= 11 is 1.45. The summed E-state index contributed by atoms with van der Waals surface area (Å²) in [6.07, 6.45) is 4.76. The lowest BCUT2D eigenvalue weighted by molar-refractivity contribution is -0.116. The Morgan fingerprint density at radius 1 is 1.21 bits per heavy atom. The highest BCUT2D eigenvalue weighted by Gasteiger charge is 2.17. The Kier molecular flexibility index (Phi) is 7.79. The summed E-state index contributed by atoms with van der Waals surface area (Å²) in [6, 6.07) is 3.32. The van der Waals surface area contributed by atoms with Crippen LogP contribution >= 0.6 is 11.3 Å². The number of benzene rings is 1. The maximum absolute atomic E-state index is 12.9. The molecular weight excluding hydrogens is 454 g/mol. The molecule has 0 aliphatic carbocycles. The van der Waals surface area contributed by atoms with Gasteiger partial charge >= 0.3 is 0 Å². The number of aryl methyl sites for hydroxylation is 1. The third-order valence-corrected chi connectivity index (χ3v) is 7.00. The third-order valence-electron chi connectivity index (χ3n) is 6.19. The van der Waals surface area contributed by atoms with E-state index >= 15 is 0 Å². The lowest BCUT2D eigenvalue weighted by Gasteiger charge is -2.29. The molecule has 2 aromatic heterocycles. The van der Waals surface area contributed by atoms with Gasteiger partial charge in [-0.15, -0.1) is 11.3 Å². The van der Waals surface area contributed by atoms with Crippen molar-refractivity contribution in [1.82, 2.24) is 19.4 Å². The number of nitrogens with zero attached hydrogens (tertiary/aromatic N) is 4. The third kappa shape index (κ3) is 5.74. The number of rotatable bonds is 9. The molecule has 3 heterocycles. The van der Waals surface area contributed by atoms with Crippen LogP contribution in [0.25, 0.3) is 10.9 Å². The van der Waals surface area contributed by atoms with Crippen LogP contribution < -0.4 is 20.3 Å². The number of hydrogen-bond acceptors (Lipinski definition) is 8. The smallest absolute Gasteiger partial charge is 0.261 e. The van der Waals surface area contributed by atoms with Crippen LogP contribution in [0.2, 0.25) is 0 Å². The first kappa shape index (κ1) is 24.2. The minimum absolute atomic E-state index is 0.110. The van der Waals surface area contributed by atoms with E-state index in [2.05, 4.69) is 27.1 Å². The SMILES string of the molecule is COc1cc2ncn(CCCC(=O)Nc3nc(CN4CCC(C)CC4)cs3)c(=O)c2cc1OC. The summed E-state index contributed by atoms with van der Waals surface area (Å²) in [4.78, 5) is 36.6. The van der Waals surface area contributed by atoms with Gasteiger partial charge in [0, 0.05) is 31.0 Å². The van der Waals surface area contributed by atoms with E-state index in [1.807, 2.05) is 5.38 Å². The number of carbonyl (C=O) groups is 1. The summed E-state index contributed by atoms with van der Waals surface area (Å²) < 4.78 is 12.1. The largest absolute Gasteiger partial charge is 0.493 e. The molecule has 34 heavy (non-hydrogen) atoms. The van der Waals surface area contributed by atoms with Gasteiger partial charge in [-0.3, -0.25) is 19.1 Å². The second-order valence-electron chi connectivity index (χ2n) is 8.72. The van der Waals surface area contributed by atoms with Crippen LogP contribution in [-0.2, 0) is 17.9 Å². The Bertz CT molecular complexity index is 1200. The molecule has 9 nitrogen and oxygen atoms in total. The molecule has 1 N–H and O–H groups in total. The van der Waals surface area contributed by atoms with Crippen LogP contribution in [-0.4, -0.2) is 52.7 Å². The van der Waals surface area contributed by atoms with Gasteiger partial charge in [-0.05, 0) is 44.3 Å². The number of aromatic nitrogens is 3. The summed E-state index contributed by atoms with van der Waals surface area (Å²) in [7, 11) is 3.06. The fourth-order valence-corrected chi connectivity index (χ4v) is 4.84. The molecule has 182 valence electrons. The first-order valence-corrected chi connectivity index (χ1v) is 12.4. The van der Waals surface area contributed by atoms with Crippen LogP contribution in [0.1, 0.15) is 38.3 Å². The number of nitrogens with one attached hydrogen (secondary N) is 1. The highest BCUT2D eigenvalue weighted by atomic mass is 32.1. The lowest BCUT2D eigenvalue weighted by Crippen LogP contribution is -2.32. The Morgan fingerprint density at radius 3 is 2.68 bits per heavy atom. The van der Waals surface area contributed by atoms with Gasteiger partial charge in [0.2, 0.25) is 5.91 Å². The van der Waals surface area contributed by atoms with Gasteiger partial charge in [-0.2, -0.15) is 0 Å². The highest BCUT2D eigenvalue weighted by Crippen LogP contribution is 2.29. The molecule has 0 saturated carbocycles. The van der Waals surface area contributed by atoms with Crippen molar-refractivity contribution in [3.63, 3.8) is 0 Å². The minimum atomic E-state index is -0.178. The van der Waals surface area contributed by atoms with Crippen LogP contribution in [0.5, 0.6) is 11.5 Å². The fraction of sp³-hybridized carbons (Fsp3) is 0.500. The number of likely N-dealkylation sites (tertiary alicyclic amines) is 1. The average molecular weight is 486 g/mol. The molecule has 0 radical (unpaired) electrons. The van der Waals surface area contributed by atoms with Gasteiger partial charge < -0.3 is 14.8 Å². The van der Waals surface area contributed by atoms with Gasteiger partial charge in [0.1, 0.15) is 0 Å². The normalized spacial score (nSPS) is 14.9. The van der Waals surface area contributed by atoms with Crippen molar-refractivity contribution < 1.29 is 14.3 Å². The zero-order valence-electron chi connectivity index (χ0n) is 19.9. The molecule has 0 spiro atoms. The molecule has 1 saturated heterocycles. The molecule has 4 rings (SSSR count). The average Bonchev–Trinajstić information content (AvgIpc) is 3.27. The molecule has 0 unspecified atom stereocenters. The standard InChI is InChI=1S/C24H31N5O4S/c1-16-6-9-28(10-7-16)13-17-14-34-24(26-17)27-22(30)5-4-8-29-15-25-19-12-21(33-3)20(32-2)11-18(19)23(29)31/h11-12,14-16H,4-10,13H2,1-3H3,(H,26,27,30). The summed E-state index contributed by atoms with van der Waals surface area (Å²) in [6.45, 7) is 5.72. The fourth-order valence-electron chi connectivity index (χ4n) is 4.12. The van der Waals surface area contributed by atoms with Crippen molar-refractivity contribution >= 4 is 33.3 Å². The van der Waals surface area contributed by atoms with Crippen LogP contribution in [0.15, 0.2) is 28.6 Å². The second-order valence-corrected chi connectivity index (χ2v) is 9.58. The maximum atomic E-state index is 12.9. The van der Waals surface area contributed by atoms with Gasteiger partial charge in [0.25, 0.3) is 5.56 Å². The molecule has 1 amide bonds. The minimum Gasteiger partial charge on any atom is -0.493 e.